The minimum absolute atomic E-state index is 0.0592. The zero-order chi connectivity index (χ0) is 19.5. The summed E-state index contributed by atoms with van der Waals surface area (Å²) in [7, 11) is 3.64. The van der Waals surface area contributed by atoms with Crippen LogP contribution in [0.1, 0.15) is 5.56 Å². The average molecular weight is 370 g/mol. The Morgan fingerprint density at radius 1 is 0.857 bits per heavy atom. The highest BCUT2D eigenvalue weighted by Crippen LogP contribution is 2.35. The molecule has 4 aromatic rings. The van der Waals surface area contributed by atoms with E-state index in [1.807, 2.05) is 56.6 Å². The number of aliphatic hydroxyl groups excluding tert-OH is 1. The van der Waals surface area contributed by atoms with Crippen molar-refractivity contribution in [2.45, 2.75) is 6.61 Å². The number of hydrogen-bond donors (Lipinski definition) is 2. The number of nitrogens with one attached hydrogen (secondary N) is 1. The van der Waals surface area contributed by atoms with Crippen molar-refractivity contribution in [3.63, 3.8) is 0 Å². The van der Waals surface area contributed by atoms with E-state index in [0.717, 1.165) is 27.7 Å². The Labute approximate surface area is 163 Å². The first kappa shape index (κ1) is 17.9. The number of aliphatic hydroxyl groups is 1. The SMILES string of the molecule is CN(C)/N=N/c1cc(CO)cc(Nc2c3ccccc3cc3ccccc23)c1. The van der Waals surface area contributed by atoms with Gasteiger partial charge in [-0.15, -0.1) is 5.11 Å². The average Bonchev–Trinajstić information content (AvgIpc) is 2.72. The van der Waals surface area contributed by atoms with E-state index in [1.54, 1.807) is 5.01 Å². The molecular formula is C23H22N4O. The van der Waals surface area contributed by atoms with Gasteiger partial charge in [0.05, 0.1) is 18.0 Å². The van der Waals surface area contributed by atoms with E-state index in [2.05, 4.69) is 46.0 Å². The van der Waals surface area contributed by atoms with Gasteiger partial charge in [-0.1, -0.05) is 53.8 Å². The van der Waals surface area contributed by atoms with Crippen LogP contribution in [-0.4, -0.2) is 24.2 Å². The number of hydrogen-bond acceptors (Lipinski definition) is 4. The molecule has 0 radical (unpaired) electrons. The zero-order valence-electron chi connectivity index (χ0n) is 15.9. The third kappa shape index (κ3) is 3.66. The van der Waals surface area contributed by atoms with Crippen LogP contribution in [0.25, 0.3) is 21.5 Å². The summed E-state index contributed by atoms with van der Waals surface area (Å²) in [5.41, 5.74) is 3.37. The fraction of sp³-hybridized carbons (Fsp3) is 0.130. The summed E-state index contributed by atoms with van der Waals surface area (Å²) in [6.07, 6.45) is 0. The molecule has 5 nitrogen and oxygen atoms in total. The van der Waals surface area contributed by atoms with Gasteiger partial charge in [-0.05, 0) is 40.6 Å². The number of rotatable bonds is 5. The van der Waals surface area contributed by atoms with Gasteiger partial charge < -0.3 is 10.4 Å². The summed E-state index contributed by atoms with van der Waals surface area (Å²) in [5, 5.41) is 27.8. The molecule has 0 saturated heterocycles. The quantitative estimate of drug-likeness (QED) is 0.266. The topological polar surface area (TPSA) is 60.2 Å². The number of fused-ring (bicyclic) bond motifs is 2. The Morgan fingerprint density at radius 3 is 2.11 bits per heavy atom. The number of benzene rings is 4. The minimum atomic E-state index is -0.0592. The summed E-state index contributed by atoms with van der Waals surface area (Å²) in [5.74, 6) is 0. The molecule has 28 heavy (non-hydrogen) atoms. The maximum Gasteiger partial charge on any atom is 0.0898 e. The number of nitrogens with zero attached hydrogens (tertiary/aromatic N) is 3. The molecule has 0 fully saturated rings. The van der Waals surface area contributed by atoms with E-state index in [-0.39, 0.29) is 6.61 Å². The molecule has 4 rings (SSSR count). The molecule has 0 unspecified atom stereocenters. The molecule has 0 heterocycles. The van der Waals surface area contributed by atoms with Crippen LogP contribution < -0.4 is 5.32 Å². The molecular weight excluding hydrogens is 348 g/mol. The molecule has 0 aromatic heterocycles. The van der Waals surface area contributed by atoms with Crippen molar-refractivity contribution in [3.8, 4) is 0 Å². The highest BCUT2D eigenvalue weighted by atomic mass is 16.3. The molecule has 4 aromatic carbocycles. The van der Waals surface area contributed by atoms with E-state index in [4.69, 9.17) is 0 Å². The second kappa shape index (κ2) is 7.66. The Hall–Kier alpha value is -3.44. The van der Waals surface area contributed by atoms with Crippen molar-refractivity contribution in [2.24, 2.45) is 10.3 Å². The van der Waals surface area contributed by atoms with Gasteiger partial charge in [-0.3, -0.25) is 5.01 Å². The third-order valence-corrected chi connectivity index (χ3v) is 4.54. The summed E-state index contributed by atoms with van der Waals surface area (Å²) < 4.78 is 0. The zero-order valence-corrected chi connectivity index (χ0v) is 15.9. The summed E-state index contributed by atoms with van der Waals surface area (Å²) in [4.78, 5) is 0. The molecule has 0 amide bonds. The van der Waals surface area contributed by atoms with Crippen molar-refractivity contribution in [1.82, 2.24) is 5.01 Å². The Kier molecular flexibility index (Phi) is 4.91. The molecule has 5 heteroatoms. The van der Waals surface area contributed by atoms with Crippen molar-refractivity contribution in [3.05, 3.63) is 78.4 Å². The van der Waals surface area contributed by atoms with Crippen LogP contribution >= 0.6 is 0 Å². The first-order chi connectivity index (χ1) is 13.6. The summed E-state index contributed by atoms with van der Waals surface area (Å²) >= 11 is 0. The van der Waals surface area contributed by atoms with Gasteiger partial charge >= 0.3 is 0 Å². The first-order valence-corrected chi connectivity index (χ1v) is 9.15. The molecule has 2 N–H and O–H groups in total. The molecule has 0 spiro atoms. The lowest BCUT2D eigenvalue weighted by atomic mass is 10.0. The van der Waals surface area contributed by atoms with E-state index in [1.165, 1.54) is 10.8 Å². The highest BCUT2D eigenvalue weighted by Gasteiger charge is 2.09. The summed E-state index contributed by atoms with van der Waals surface area (Å²) in [6, 6.07) is 24.6. The predicted molar refractivity (Wildman–Crippen MR) is 115 cm³/mol. The van der Waals surface area contributed by atoms with Crippen molar-refractivity contribution in [2.75, 3.05) is 19.4 Å². The summed E-state index contributed by atoms with van der Waals surface area (Å²) in [6.45, 7) is -0.0592. The van der Waals surface area contributed by atoms with Crippen LogP contribution in [0.3, 0.4) is 0 Å². The fourth-order valence-electron chi connectivity index (χ4n) is 3.33. The van der Waals surface area contributed by atoms with Crippen molar-refractivity contribution < 1.29 is 5.11 Å². The standard InChI is InChI=1S/C23H22N4O/c1-27(2)26-25-20-12-16(15-28)11-19(14-20)24-23-21-9-5-3-7-17(21)13-18-8-4-6-10-22(18)23/h3-14,24,28H,15H2,1-2H3/b26-25+. The van der Waals surface area contributed by atoms with Crippen LogP contribution in [0, 0.1) is 0 Å². The Bertz CT molecular complexity index is 1110. The first-order valence-electron chi connectivity index (χ1n) is 9.15. The van der Waals surface area contributed by atoms with Gasteiger partial charge in [0.25, 0.3) is 0 Å². The van der Waals surface area contributed by atoms with Crippen LogP contribution in [0.2, 0.25) is 0 Å². The van der Waals surface area contributed by atoms with E-state index < -0.39 is 0 Å². The van der Waals surface area contributed by atoms with Crippen LogP contribution in [0.5, 0.6) is 0 Å². The minimum Gasteiger partial charge on any atom is -0.392 e. The second-order valence-corrected chi connectivity index (χ2v) is 6.90. The smallest absolute Gasteiger partial charge is 0.0898 e. The monoisotopic (exact) mass is 370 g/mol. The van der Waals surface area contributed by atoms with Gasteiger partial charge in [-0.25, -0.2) is 0 Å². The molecule has 0 atom stereocenters. The lowest BCUT2D eigenvalue weighted by molar-refractivity contribution is 0.282. The van der Waals surface area contributed by atoms with Crippen LogP contribution in [0.15, 0.2) is 83.1 Å². The Morgan fingerprint density at radius 2 is 1.50 bits per heavy atom. The molecule has 0 aliphatic heterocycles. The van der Waals surface area contributed by atoms with E-state index in [9.17, 15) is 5.11 Å². The van der Waals surface area contributed by atoms with E-state index >= 15 is 0 Å². The molecule has 0 aliphatic rings. The van der Waals surface area contributed by atoms with Gasteiger partial charge in [-0.2, -0.15) is 0 Å². The van der Waals surface area contributed by atoms with Crippen molar-refractivity contribution >= 4 is 38.6 Å². The maximum atomic E-state index is 9.66. The van der Waals surface area contributed by atoms with Gasteiger partial charge in [0.15, 0.2) is 0 Å². The van der Waals surface area contributed by atoms with Gasteiger partial charge in [0, 0.05) is 30.6 Å². The molecule has 0 aliphatic carbocycles. The van der Waals surface area contributed by atoms with Gasteiger partial charge in [0.1, 0.15) is 0 Å². The normalized spacial score (nSPS) is 11.4. The highest BCUT2D eigenvalue weighted by molar-refractivity contribution is 6.12. The van der Waals surface area contributed by atoms with Crippen LogP contribution in [0.4, 0.5) is 17.1 Å². The third-order valence-electron chi connectivity index (χ3n) is 4.54. The predicted octanol–water partition coefficient (Wildman–Crippen LogP) is 5.79. The fourth-order valence-corrected chi connectivity index (χ4v) is 3.33. The van der Waals surface area contributed by atoms with Crippen molar-refractivity contribution in [1.29, 1.82) is 0 Å². The molecule has 140 valence electrons. The second-order valence-electron chi connectivity index (χ2n) is 6.90. The van der Waals surface area contributed by atoms with Gasteiger partial charge in [0.2, 0.25) is 0 Å². The maximum absolute atomic E-state index is 9.66. The Balaban J connectivity index is 1.86. The molecule has 0 bridgehead atoms. The largest absolute Gasteiger partial charge is 0.392 e. The van der Waals surface area contributed by atoms with Crippen LogP contribution in [-0.2, 0) is 6.61 Å². The number of anilines is 2. The lowest BCUT2D eigenvalue weighted by Gasteiger charge is -2.15. The van der Waals surface area contributed by atoms with E-state index in [0.29, 0.717) is 5.69 Å². The molecule has 0 saturated carbocycles. The lowest BCUT2D eigenvalue weighted by Crippen LogP contribution is -1.99.